The molecule has 0 saturated heterocycles. The lowest BCUT2D eigenvalue weighted by atomic mass is 10.2. The molecule has 0 fully saturated rings. The lowest BCUT2D eigenvalue weighted by Crippen LogP contribution is -2.32. The summed E-state index contributed by atoms with van der Waals surface area (Å²) in [5.74, 6) is 1.36. The number of oxazole rings is 1. The zero-order valence-electron chi connectivity index (χ0n) is 15.6. The highest BCUT2D eigenvalue weighted by Gasteiger charge is 2.24. The average molecular weight is 413 g/mol. The van der Waals surface area contributed by atoms with Gasteiger partial charge in [-0.1, -0.05) is 30.7 Å². The van der Waals surface area contributed by atoms with Gasteiger partial charge in [-0.2, -0.15) is 0 Å². The third-order valence-electron chi connectivity index (χ3n) is 4.78. The molecule has 4 rings (SSSR count). The zero-order chi connectivity index (χ0) is 19.5. The molecule has 3 aromatic rings. The highest BCUT2D eigenvalue weighted by atomic mass is 35.5. The summed E-state index contributed by atoms with van der Waals surface area (Å²) in [6, 6.07) is 15.6. The van der Waals surface area contributed by atoms with Crippen LogP contribution in [0.2, 0.25) is 5.02 Å². The molecule has 6 heteroatoms. The third kappa shape index (κ3) is 4.26. The van der Waals surface area contributed by atoms with Gasteiger partial charge < -0.3 is 9.32 Å². The Kier molecular flexibility index (Phi) is 5.74. The van der Waals surface area contributed by atoms with E-state index in [-0.39, 0.29) is 5.91 Å². The maximum Gasteiger partial charge on any atom is 0.227 e. The molecule has 4 nitrogen and oxygen atoms in total. The van der Waals surface area contributed by atoms with E-state index in [1.807, 2.05) is 59.1 Å². The minimum absolute atomic E-state index is 0.105. The number of thioether (sulfide) groups is 1. The van der Waals surface area contributed by atoms with Gasteiger partial charge in [-0.15, -0.1) is 11.8 Å². The van der Waals surface area contributed by atoms with Crippen molar-refractivity contribution in [2.45, 2.75) is 36.3 Å². The number of halogens is 1. The fourth-order valence-corrected chi connectivity index (χ4v) is 4.51. The first-order chi connectivity index (χ1) is 13.6. The second kappa shape index (κ2) is 8.41. The molecular formula is C22H21ClN2O2S. The highest BCUT2D eigenvalue weighted by Crippen LogP contribution is 2.37. The van der Waals surface area contributed by atoms with Gasteiger partial charge in [-0.25, -0.2) is 4.98 Å². The summed E-state index contributed by atoms with van der Waals surface area (Å²) in [4.78, 5) is 20.4. The Morgan fingerprint density at radius 2 is 2.04 bits per heavy atom. The van der Waals surface area contributed by atoms with Crippen molar-refractivity contribution in [1.82, 2.24) is 4.98 Å². The molecule has 28 heavy (non-hydrogen) atoms. The molecular weight excluding hydrogens is 392 g/mol. The van der Waals surface area contributed by atoms with Gasteiger partial charge in [0.25, 0.3) is 0 Å². The number of hydrogen-bond donors (Lipinski definition) is 0. The number of aryl methyl sites for hydroxylation is 1. The Labute approximate surface area is 173 Å². The summed E-state index contributed by atoms with van der Waals surface area (Å²) >= 11 is 7.77. The van der Waals surface area contributed by atoms with Gasteiger partial charge in [0.1, 0.15) is 0 Å². The van der Waals surface area contributed by atoms with Crippen LogP contribution in [0, 0.1) is 0 Å². The minimum atomic E-state index is 0.105. The van der Waals surface area contributed by atoms with Crippen molar-refractivity contribution in [1.29, 1.82) is 0 Å². The molecule has 144 valence electrons. The molecule has 0 N–H and O–H groups in total. The van der Waals surface area contributed by atoms with Crippen molar-refractivity contribution in [2.75, 3.05) is 11.4 Å². The molecule has 1 aromatic heterocycles. The van der Waals surface area contributed by atoms with E-state index in [0.29, 0.717) is 34.8 Å². The molecule has 1 aliphatic rings. The summed E-state index contributed by atoms with van der Waals surface area (Å²) in [7, 11) is 0. The molecule has 0 saturated carbocycles. The van der Waals surface area contributed by atoms with Gasteiger partial charge in [-0.3, -0.25) is 4.79 Å². The van der Waals surface area contributed by atoms with E-state index in [2.05, 4.69) is 18.0 Å². The fraction of sp³-hybridized carbons (Fsp3) is 0.273. The monoisotopic (exact) mass is 412 g/mol. The number of fused-ring (bicyclic) bond motifs is 1. The van der Waals surface area contributed by atoms with E-state index in [1.165, 1.54) is 4.90 Å². The van der Waals surface area contributed by atoms with Crippen molar-refractivity contribution < 1.29 is 9.21 Å². The fourth-order valence-electron chi connectivity index (χ4n) is 3.27. The van der Waals surface area contributed by atoms with Crippen LogP contribution in [0.4, 0.5) is 5.69 Å². The summed E-state index contributed by atoms with van der Waals surface area (Å²) in [6.07, 6.45) is 3.52. The van der Waals surface area contributed by atoms with Crippen molar-refractivity contribution in [3.8, 4) is 11.3 Å². The van der Waals surface area contributed by atoms with E-state index < -0.39 is 0 Å². The van der Waals surface area contributed by atoms with Gasteiger partial charge in [0.15, 0.2) is 11.7 Å². The Morgan fingerprint density at radius 3 is 2.86 bits per heavy atom. The van der Waals surface area contributed by atoms with E-state index >= 15 is 0 Å². The quantitative estimate of drug-likeness (QED) is 0.539. The molecule has 0 radical (unpaired) electrons. The Balaban J connectivity index is 1.44. The molecule has 2 aromatic carbocycles. The third-order valence-corrected chi connectivity index (χ3v) is 6.27. The maximum atomic E-state index is 12.9. The summed E-state index contributed by atoms with van der Waals surface area (Å²) in [6.45, 7) is 2.95. The van der Waals surface area contributed by atoms with Gasteiger partial charge in [0.05, 0.1) is 11.9 Å². The topological polar surface area (TPSA) is 46.3 Å². The largest absolute Gasteiger partial charge is 0.441 e. The van der Waals surface area contributed by atoms with Crippen LogP contribution in [0.15, 0.2) is 64.0 Å². The standard InChI is InChI=1S/C22H21ClN2O2S/c1-15-12-13-25(18-4-2-3-5-20(18)28-15)22(26)11-10-21-24-14-19(27-21)16-6-8-17(23)9-7-16/h2-9,14-15H,10-13H2,1H3. The number of carbonyl (C=O) groups excluding carboxylic acids is 1. The van der Waals surface area contributed by atoms with Crippen LogP contribution in [0.25, 0.3) is 11.3 Å². The number of amides is 1. The first kappa shape index (κ1) is 19.1. The predicted molar refractivity (Wildman–Crippen MR) is 114 cm³/mol. The summed E-state index contributed by atoms with van der Waals surface area (Å²) < 4.78 is 5.83. The molecule has 2 heterocycles. The number of benzene rings is 2. The lowest BCUT2D eigenvalue weighted by Gasteiger charge is -2.22. The normalized spacial score (nSPS) is 16.5. The number of rotatable bonds is 4. The number of hydrogen-bond acceptors (Lipinski definition) is 4. The van der Waals surface area contributed by atoms with E-state index in [0.717, 1.165) is 24.2 Å². The highest BCUT2D eigenvalue weighted by molar-refractivity contribution is 8.00. The molecule has 1 unspecified atom stereocenters. The average Bonchev–Trinajstić information content (AvgIpc) is 3.10. The van der Waals surface area contributed by atoms with Gasteiger partial charge >= 0.3 is 0 Å². The van der Waals surface area contributed by atoms with E-state index in [9.17, 15) is 4.79 Å². The van der Waals surface area contributed by atoms with Crippen molar-refractivity contribution in [3.05, 3.63) is 65.6 Å². The molecule has 1 amide bonds. The molecule has 1 atom stereocenters. The van der Waals surface area contributed by atoms with Crippen LogP contribution in [-0.4, -0.2) is 22.7 Å². The molecule has 0 bridgehead atoms. The van der Waals surface area contributed by atoms with Crippen LogP contribution in [0.3, 0.4) is 0 Å². The van der Waals surface area contributed by atoms with Crippen LogP contribution in [-0.2, 0) is 11.2 Å². The minimum Gasteiger partial charge on any atom is -0.441 e. The molecule has 1 aliphatic heterocycles. The number of carbonyl (C=O) groups is 1. The molecule has 0 spiro atoms. The second-order valence-electron chi connectivity index (χ2n) is 6.86. The molecule has 0 aliphatic carbocycles. The summed E-state index contributed by atoms with van der Waals surface area (Å²) in [5.41, 5.74) is 1.93. The number of para-hydroxylation sites is 1. The predicted octanol–water partition coefficient (Wildman–Crippen LogP) is 5.85. The van der Waals surface area contributed by atoms with Gasteiger partial charge in [-0.05, 0) is 42.8 Å². The van der Waals surface area contributed by atoms with Crippen LogP contribution >= 0.6 is 23.4 Å². The first-order valence-corrected chi connectivity index (χ1v) is 10.6. The van der Waals surface area contributed by atoms with Crippen LogP contribution in [0.1, 0.15) is 25.7 Å². The van der Waals surface area contributed by atoms with Gasteiger partial charge in [0, 0.05) is 40.1 Å². The van der Waals surface area contributed by atoms with Crippen molar-refractivity contribution in [2.24, 2.45) is 0 Å². The lowest BCUT2D eigenvalue weighted by molar-refractivity contribution is -0.118. The Bertz CT molecular complexity index is 971. The first-order valence-electron chi connectivity index (χ1n) is 9.37. The van der Waals surface area contributed by atoms with E-state index in [1.54, 1.807) is 6.20 Å². The smallest absolute Gasteiger partial charge is 0.227 e. The van der Waals surface area contributed by atoms with Crippen LogP contribution < -0.4 is 4.90 Å². The number of nitrogens with zero attached hydrogens (tertiary/aromatic N) is 2. The van der Waals surface area contributed by atoms with Crippen molar-refractivity contribution in [3.63, 3.8) is 0 Å². The van der Waals surface area contributed by atoms with Gasteiger partial charge in [0.2, 0.25) is 5.91 Å². The SMILES string of the molecule is CC1CCN(C(=O)CCc2ncc(-c3ccc(Cl)cc3)o2)c2ccccc2S1. The number of anilines is 1. The summed E-state index contributed by atoms with van der Waals surface area (Å²) in [5, 5.41) is 1.17. The second-order valence-corrected chi connectivity index (χ2v) is 8.77. The zero-order valence-corrected chi connectivity index (χ0v) is 17.2. The maximum absolute atomic E-state index is 12.9. The Hall–Kier alpha value is -2.24. The van der Waals surface area contributed by atoms with Crippen LogP contribution in [0.5, 0.6) is 0 Å². The van der Waals surface area contributed by atoms with Crippen molar-refractivity contribution >= 4 is 35.0 Å². The Morgan fingerprint density at radius 1 is 1.25 bits per heavy atom. The van der Waals surface area contributed by atoms with E-state index in [4.69, 9.17) is 16.0 Å². The number of aromatic nitrogens is 1.